The highest BCUT2D eigenvalue weighted by atomic mass is 19.3. The van der Waals surface area contributed by atoms with Crippen LogP contribution in [0, 0.1) is 0 Å². The molecule has 0 aliphatic carbocycles. The molecule has 0 aromatic carbocycles. The third-order valence-electron chi connectivity index (χ3n) is 0.578. The van der Waals surface area contributed by atoms with Crippen LogP contribution in [0.25, 0.3) is 0 Å². The number of carbonyl (C=O) groups excluding carboxylic acids is 1. The van der Waals surface area contributed by atoms with Gasteiger partial charge in [0, 0.05) is 6.54 Å². The van der Waals surface area contributed by atoms with E-state index in [2.05, 4.69) is 5.32 Å². The second kappa shape index (κ2) is 4.05. The fraction of sp³-hybridized carbons (Fsp3) is 0.750. The molecule has 0 aromatic rings. The molecule has 0 atom stereocenters. The third-order valence-corrected chi connectivity index (χ3v) is 0.578. The molecule has 5 heteroatoms. The predicted molar refractivity (Wildman–Crippen MR) is 28.2 cm³/mol. The normalized spacial score (nSPS) is 9.33. The van der Waals surface area contributed by atoms with Crippen LogP contribution in [0.15, 0.2) is 0 Å². The Hall–Kier alpha value is -0.870. The molecule has 0 unspecified atom stereocenters. The minimum Gasteiger partial charge on any atom is -0.338 e. The van der Waals surface area contributed by atoms with Gasteiger partial charge >= 0.3 is 12.6 Å². The molecule has 0 aromatic heterocycles. The SMILES string of the molecule is CCNC(=O)NC(F)F. The molecule has 0 heterocycles. The zero-order valence-corrected chi connectivity index (χ0v) is 4.95. The highest BCUT2D eigenvalue weighted by Crippen LogP contribution is 1.82. The van der Waals surface area contributed by atoms with E-state index in [4.69, 9.17) is 0 Å². The van der Waals surface area contributed by atoms with Crippen molar-refractivity contribution in [1.82, 2.24) is 10.6 Å². The average molecular weight is 138 g/mol. The largest absolute Gasteiger partial charge is 0.338 e. The van der Waals surface area contributed by atoms with Gasteiger partial charge in [-0.3, -0.25) is 5.32 Å². The molecule has 0 aliphatic rings. The van der Waals surface area contributed by atoms with E-state index < -0.39 is 12.6 Å². The summed E-state index contributed by atoms with van der Waals surface area (Å²) in [5, 5.41) is 3.51. The molecule has 0 rings (SSSR count). The van der Waals surface area contributed by atoms with Gasteiger partial charge in [-0.2, -0.15) is 8.78 Å². The Labute approximate surface area is 51.4 Å². The summed E-state index contributed by atoms with van der Waals surface area (Å²) in [6.07, 6.45) is 0. The highest BCUT2D eigenvalue weighted by Gasteiger charge is 2.04. The van der Waals surface area contributed by atoms with Gasteiger partial charge < -0.3 is 5.32 Å². The van der Waals surface area contributed by atoms with Gasteiger partial charge in [0.15, 0.2) is 0 Å². The van der Waals surface area contributed by atoms with Crippen molar-refractivity contribution in [2.45, 2.75) is 13.5 Å². The summed E-state index contributed by atoms with van der Waals surface area (Å²) in [6, 6.07) is -0.840. The maximum atomic E-state index is 11.2. The van der Waals surface area contributed by atoms with Crippen LogP contribution in [-0.4, -0.2) is 19.1 Å². The number of carbonyl (C=O) groups is 1. The predicted octanol–water partition coefficient (Wildman–Crippen LogP) is 0.528. The van der Waals surface area contributed by atoms with Crippen LogP contribution < -0.4 is 10.6 Å². The van der Waals surface area contributed by atoms with E-state index in [1.807, 2.05) is 0 Å². The van der Waals surface area contributed by atoms with Gasteiger partial charge in [0.05, 0.1) is 0 Å². The monoisotopic (exact) mass is 138 g/mol. The van der Waals surface area contributed by atoms with E-state index in [1.54, 1.807) is 6.92 Å². The van der Waals surface area contributed by atoms with Crippen LogP contribution >= 0.6 is 0 Å². The quantitative estimate of drug-likeness (QED) is 0.537. The maximum Gasteiger partial charge on any atom is 0.319 e. The summed E-state index contributed by atoms with van der Waals surface area (Å²) >= 11 is 0. The van der Waals surface area contributed by atoms with E-state index in [0.29, 0.717) is 6.54 Å². The molecule has 54 valence electrons. The van der Waals surface area contributed by atoms with Crippen molar-refractivity contribution in [3.63, 3.8) is 0 Å². The lowest BCUT2D eigenvalue weighted by molar-refractivity contribution is 0.116. The van der Waals surface area contributed by atoms with E-state index >= 15 is 0 Å². The molecular weight excluding hydrogens is 130 g/mol. The van der Waals surface area contributed by atoms with Gasteiger partial charge in [0.2, 0.25) is 0 Å². The molecule has 0 spiro atoms. The lowest BCUT2D eigenvalue weighted by Gasteiger charge is -2.02. The number of hydrogen-bond acceptors (Lipinski definition) is 1. The molecule has 0 saturated heterocycles. The lowest BCUT2D eigenvalue weighted by Crippen LogP contribution is -2.38. The lowest BCUT2D eigenvalue weighted by atomic mass is 10.7. The molecule has 0 fully saturated rings. The van der Waals surface area contributed by atoms with Crippen molar-refractivity contribution >= 4 is 6.03 Å². The van der Waals surface area contributed by atoms with Crippen molar-refractivity contribution in [3.05, 3.63) is 0 Å². The first-order valence-corrected chi connectivity index (χ1v) is 2.49. The van der Waals surface area contributed by atoms with Crippen molar-refractivity contribution < 1.29 is 13.6 Å². The van der Waals surface area contributed by atoms with Gasteiger partial charge in [-0.25, -0.2) is 4.79 Å². The number of urea groups is 1. The summed E-state index contributed by atoms with van der Waals surface area (Å²) in [5.74, 6) is 0. The van der Waals surface area contributed by atoms with Gasteiger partial charge in [0.1, 0.15) is 0 Å². The molecule has 9 heavy (non-hydrogen) atoms. The molecule has 3 nitrogen and oxygen atoms in total. The van der Waals surface area contributed by atoms with Gasteiger partial charge in [-0.1, -0.05) is 0 Å². The molecule has 2 amide bonds. The van der Waals surface area contributed by atoms with Crippen molar-refractivity contribution in [3.8, 4) is 0 Å². The van der Waals surface area contributed by atoms with Crippen LogP contribution in [0.5, 0.6) is 0 Å². The van der Waals surface area contributed by atoms with E-state index in [9.17, 15) is 13.6 Å². The van der Waals surface area contributed by atoms with E-state index in [0.717, 1.165) is 0 Å². The number of alkyl halides is 2. The molecule has 0 radical (unpaired) electrons. The first kappa shape index (κ1) is 8.13. The Morgan fingerprint density at radius 1 is 1.67 bits per heavy atom. The van der Waals surface area contributed by atoms with Crippen molar-refractivity contribution in [2.24, 2.45) is 0 Å². The van der Waals surface area contributed by atoms with Gasteiger partial charge in [0.25, 0.3) is 0 Å². The number of nitrogens with one attached hydrogen (secondary N) is 2. The Bertz CT molecular complexity index is 96.6. The minimum absolute atomic E-state index is 0.346. The fourth-order valence-electron chi connectivity index (χ4n) is 0.311. The standard InChI is InChI=1S/C4H8F2N2O/c1-2-7-4(9)8-3(5)6/h3H,2H2,1H3,(H2,7,8,9). The average Bonchev–Trinajstić information content (AvgIpc) is 1.63. The molecule has 0 aliphatic heterocycles. The van der Waals surface area contributed by atoms with Gasteiger partial charge in [-0.15, -0.1) is 0 Å². The first-order valence-electron chi connectivity index (χ1n) is 2.49. The summed E-state index contributed by atoms with van der Waals surface area (Å²) in [4.78, 5) is 10.2. The van der Waals surface area contributed by atoms with Crippen LogP contribution in [0.2, 0.25) is 0 Å². The molecule has 0 bridgehead atoms. The zero-order valence-electron chi connectivity index (χ0n) is 4.95. The summed E-state index contributed by atoms with van der Waals surface area (Å²) in [7, 11) is 0. The van der Waals surface area contributed by atoms with E-state index in [-0.39, 0.29) is 0 Å². The summed E-state index contributed by atoms with van der Waals surface area (Å²) in [6.45, 7) is -0.791. The number of amides is 2. The van der Waals surface area contributed by atoms with Crippen LogP contribution in [0.3, 0.4) is 0 Å². The van der Waals surface area contributed by atoms with Crippen LogP contribution in [-0.2, 0) is 0 Å². The Morgan fingerprint density at radius 2 is 2.22 bits per heavy atom. The number of rotatable bonds is 2. The van der Waals surface area contributed by atoms with Crippen molar-refractivity contribution in [1.29, 1.82) is 0 Å². The molecule has 2 N–H and O–H groups in total. The topological polar surface area (TPSA) is 41.1 Å². The maximum absolute atomic E-state index is 11.2. The first-order chi connectivity index (χ1) is 4.16. The highest BCUT2D eigenvalue weighted by molar-refractivity contribution is 5.73. The van der Waals surface area contributed by atoms with Crippen LogP contribution in [0.1, 0.15) is 6.92 Å². The second-order valence-electron chi connectivity index (χ2n) is 1.30. The second-order valence-corrected chi connectivity index (χ2v) is 1.30. The number of halogens is 2. The fourth-order valence-corrected chi connectivity index (χ4v) is 0.311. The van der Waals surface area contributed by atoms with Crippen molar-refractivity contribution in [2.75, 3.05) is 6.54 Å². The van der Waals surface area contributed by atoms with Crippen LogP contribution in [0.4, 0.5) is 13.6 Å². The van der Waals surface area contributed by atoms with E-state index in [1.165, 1.54) is 5.32 Å². The Balaban J connectivity index is 3.27. The van der Waals surface area contributed by atoms with Gasteiger partial charge in [-0.05, 0) is 6.92 Å². The zero-order chi connectivity index (χ0) is 7.28. The Kier molecular flexibility index (Phi) is 3.66. The molecular formula is C4H8F2N2O. The summed E-state index contributed by atoms with van der Waals surface area (Å²) in [5.41, 5.74) is 0. The minimum atomic E-state index is -2.78. The number of hydrogen-bond donors (Lipinski definition) is 2. The smallest absolute Gasteiger partial charge is 0.319 e. The summed E-state index contributed by atoms with van der Waals surface area (Å²) < 4.78 is 22.5. The third kappa shape index (κ3) is 4.99. The Morgan fingerprint density at radius 3 is 2.56 bits per heavy atom. The molecule has 0 saturated carbocycles.